The van der Waals surface area contributed by atoms with Crippen LogP contribution in [0.25, 0.3) is 0 Å². The Hall–Kier alpha value is -1.27. The van der Waals surface area contributed by atoms with Crippen LogP contribution < -0.4 is 9.62 Å². The van der Waals surface area contributed by atoms with E-state index in [9.17, 15) is 8.42 Å². The molecule has 6 heteroatoms. The molecule has 0 bridgehead atoms. The average molecular weight is 309 g/mol. The van der Waals surface area contributed by atoms with Crippen molar-refractivity contribution >= 4 is 21.6 Å². The molecule has 0 amide bonds. The lowest BCUT2D eigenvalue weighted by molar-refractivity contribution is 0.349. The van der Waals surface area contributed by atoms with Crippen LogP contribution in [0.4, 0.5) is 11.4 Å². The van der Waals surface area contributed by atoms with Gasteiger partial charge in [-0.05, 0) is 49.9 Å². The van der Waals surface area contributed by atoms with Gasteiger partial charge in [-0.15, -0.1) is 0 Å². The van der Waals surface area contributed by atoms with Crippen LogP contribution in [0.2, 0.25) is 0 Å². The van der Waals surface area contributed by atoms with E-state index in [1.54, 1.807) is 4.31 Å². The Morgan fingerprint density at radius 2 is 1.38 bits per heavy atom. The maximum absolute atomic E-state index is 12.3. The summed E-state index contributed by atoms with van der Waals surface area (Å²) in [6.45, 7) is 3.44. The third-order valence-corrected chi connectivity index (χ3v) is 5.78. The summed E-state index contributed by atoms with van der Waals surface area (Å²) < 4.78 is 28.8. The Morgan fingerprint density at radius 3 is 2.00 bits per heavy atom. The molecule has 2 heterocycles. The summed E-state index contributed by atoms with van der Waals surface area (Å²) in [6.07, 6.45) is 5.51. The van der Waals surface area contributed by atoms with Crippen LogP contribution in [0.15, 0.2) is 24.3 Å². The molecule has 5 nitrogen and oxygen atoms in total. The Bertz CT molecular complexity index is 559. The van der Waals surface area contributed by atoms with Crippen molar-refractivity contribution in [3.05, 3.63) is 24.3 Å². The molecule has 3 rings (SSSR count). The fourth-order valence-corrected chi connectivity index (χ4v) is 4.34. The minimum atomic E-state index is -3.40. The molecule has 1 N–H and O–H groups in total. The van der Waals surface area contributed by atoms with Gasteiger partial charge in [0.1, 0.15) is 0 Å². The number of nitrogens with one attached hydrogen (secondary N) is 1. The summed E-state index contributed by atoms with van der Waals surface area (Å²) in [7, 11) is -3.40. The highest BCUT2D eigenvalue weighted by atomic mass is 32.2. The van der Waals surface area contributed by atoms with E-state index in [1.165, 1.54) is 18.5 Å². The first-order valence-electron chi connectivity index (χ1n) is 7.78. The molecule has 21 heavy (non-hydrogen) atoms. The minimum absolute atomic E-state index is 0.626. The summed E-state index contributed by atoms with van der Waals surface area (Å²) in [5.74, 6) is 0. The van der Waals surface area contributed by atoms with Crippen molar-refractivity contribution in [3.8, 4) is 0 Å². The maximum atomic E-state index is 12.3. The van der Waals surface area contributed by atoms with Crippen LogP contribution in [0.3, 0.4) is 0 Å². The molecular weight excluding hydrogens is 286 g/mol. The first kappa shape index (κ1) is 14.7. The van der Waals surface area contributed by atoms with Gasteiger partial charge in [-0.3, -0.25) is 4.72 Å². The summed E-state index contributed by atoms with van der Waals surface area (Å²) in [5.41, 5.74) is 1.82. The second-order valence-electron chi connectivity index (χ2n) is 5.81. The van der Waals surface area contributed by atoms with E-state index in [0.29, 0.717) is 18.8 Å². The fourth-order valence-electron chi connectivity index (χ4n) is 3.03. The van der Waals surface area contributed by atoms with Crippen LogP contribution in [-0.2, 0) is 10.2 Å². The number of hydrogen-bond donors (Lipinski definition) is 1. The van der Waals surface area contributed by atoms with Crippen LogP contribution in [0.5, 0.6) is 0 Å². The third-order valence-electron chi connectivity index (χ3n) is 4.24. The van der Waals surface area contributed by atoms with E-state index >= 15 is 0 Å². The molecule has 0 radical (unpaired) electrons. The zero-order valence-corrected chi connectivity index (χ0v) is 13.1. The van der Waals surface area contributed by atoms with Gasteiger partial charge in [-0.25, -0.2) is 0 Å². The molecule has 1 aromatic rings. The van der Waals surface area contributed by atoms with Gasteiger partial charge in [-0.2, -0.15) is 12.7 Å². The number of hydrogen-bond acceptors (Lipinski definition) is 3. The summed E-state index contributed by atoms with van der Waals surface area (Å²) >= 11 is 0. The smallest absolute Gasteiger partial charge is 0.301 e. The topological polar surface area (TPSA) is 52.7 Å². The van der Waals surface area contributed by atoms with Crippen molar-refractivity contribution in [1.29, 1.82) is 0 Å². The van der Waals surface area contributed by atoms with Gasteiger partial charge in [0.05, 0.1) is 0 Å². The Labute approximate surface area is 127 Å². The predicted octanol–water partition coefficient (Wildman–Crippen LogP) is 2.43. The molecule has 0 aliphatic carbocycles. The van der Waals surface area contributed by atoms with Gasteiger partial charge < -0.3 is 4.90 Å². The molecule has 2 aliphatic rings. The van der Waals surface area contributed by atoms with Gasteiger partial charge in [0.2, 0.25) is 0 Å². The second kappa shape index (κ2) is 6.23. The fraction of sp³-hybridized carbons (Fsp3) is 0.600. The summed E-state index contributed by atoms with van der Waals surface area (Å²) in [5, 5.41) is 0. The van der Waals surface area contributed by atoms with Crippen LogP contribution in [0.1, 0.15) is 32.1 Å². The second-order valence-corrected chi connectivity index (χ2v) is 7.48. The van der Waals surface area contributed by atoms with Gasteiger partial charge in [0.15, 0.2) is 0 Å². The molecule has 1 aromatic carbocycles. The number of anilines is 2. The van der Waals surface area contributed by atoms with Crippen LogP contribution >= 0.6 is 0 Å². The normalized spacial score (nSPS) is 20.7. The minimum Gasteiger partial charge on any atom is -0.372 e. The van der Waals surface area contributed by atoms with Crippen LogP contribution in [0, 0.1) is 0 Å². The van der Waals surface area contributed by atoms with Crippen LogP contribution in [-0.4, -0.2) is 38.9 Å². The first-order valence-corrected chi connectivity index (χ1v) is 9.22. The van der Waals surface area contributed by atoms with Crippen molar-refractivity contribution in [3.63, 3.8) is 0 Å². The van der Waals surface area contributed by atoms with Gasteiger partial charge >= 0.3 is 10.2 Å². The molecule has 2 aliphatic heterocycles. The van der Waals surface area contributed by atoms with Crippen molar-refractivity contribution in [2.75, 3.05) is 35.8 Å². The largest absolute Gasteiger partial charge is 0.372 e. The molecular formula is C15H23N3O2S. The lowest BCUT2D eigenvalue weighted by atomic mass is 10.2. The van der Waals surface area contributed by atoms with E-state index in [0.717, 1.165) is 32.4 Å². The zero-order valence-electron chi connectivity index (χ0n) is 12.3. The molecule has 0 atom stereocenters. The van der Waals surface area contributed by atoms with Crippen molar-refractivity contribution in [1.82, 2.24) is 4.31 Å². The molecule has 0 saturated carbocycles. The van der Waals surface area contributed by atoms with Gasteiger partial charge in [-0.1, -0.05) is 6.42 Å². The molecule has 0 aromatic heterocycles. The van der Waals surface area contributed by atoms with Crippen molar-refractivity contribution in [2.24, 2.45) is 0 Å². The molecule has 116 valence electrons. The highest BCUT2D eigenvalue weighted by Gasteiger charge is 2.23. The monoisotopic (exact) mass is 309 g/mol. The average Bonchev–Trinajstić information content (AvgIpc) is 3.03. The Kier molecular flexibility index (Phi) is 4.35. The number of piperidine rings is 1. The van der Waals surface area contributed by atoms with Gasteiger partial charge in [0.25, 0.3) is 0 Å². The quantitative estimate of drug-likeness (QED) is 0.929. The zero-order chi connectivity index (χ0) is 14.7. The van der Waals surface area contributed by atoms with E-state index in [4.69, 9.17) is 0 Å². The van der Waals surface area contributed by atoms with Crippen molar-refractivity contribution in [2.45, 2.75) is 32.1 Å². The summed E-state index contributed by atoms with van der Waals surface area (Å²) in [6, 6.07) is 7.71. The SMILES string of the molecule is O=S(=O)(Nc1ccc(N2CCCC2)cc1)N1CCCCC1. The Balaban J connectivity index is 1.66. The first-order chi connectivity index (χ1) is 10.1. The maximum Gasteiger partial charge on any atom is 0.301 e. The van der Waals surface area contributed by atoms with Gasteiger partial charge in [0, 0.05) is 37.6 Å². The predicted molar refractivity (Wildman–Crippen MR) is 85.9 cm³/mol. The number of rotatable bonds is 4. The molecule has 2 saturated heterocycles. The lowest BCUT2D eigenvalue weighted by Crippen LogP contribution is -2.39. The van der Waals surface area contributed by atoms with E-state index < -0.39 is 10.2 Å². The molecule has 0 spiro atoms. The number of benzene rings is 1. The summed E-state index contributed by atoms with van der Waals surface area (Å²) in [4.78, 5) is 2.34. The van der Waals surface area contributed by atoms with E-state index in [2.05, 4.69) is 9.62 Å². The van der Waals surface area contributed by atoms with E-state index in [1.807, 2.05) is 24.3 Å². The highest BCUT2D eigenvalue weighted by Crippen LogP contribution is 2.23. The highest BCUT2D eigenvalue weighted by molar-refractivity contribution is 7.90. The van der Waals surface area contributed by atoms with Crippen molar-refractivity contribution < 1.29 is 8.42 Å². The molecule has 0 unspecified atom stereocenters. The Morgan fingerprint density at radius 1 is 0.810 bits per heavy atom. The third kappa shape index (κ3) is 3.49. The standard InChI is InChI=1S/C15H23N3O2S/c19-21(20,18-12-2-1-3-13-18)16-14-6-8-15(9-7-14)17-10-4-5-11-17/h6-9,16H,1-5,10-13H2. The van der Waals surface area contributed by atoms with E-state index in [-0.39, 0.29) is 0 Å². The number of nitrogens with zero attached hydrogens (tertiary/aromatic N) is 2. The molecule has 2 fully saturated rings. The lowest BCUT2D eigenvalue weighted by Gasteiger charge is -2.26.